The lowest BCUT2D eigenvalue weighted by Crippen LogP contribution is -2.43. The number of ether oxygens (including phenoxy) is 3. The maximum absolute atomic E-state index is 13.8. The molecule has 0 bridgehead atoms. The lowest BCUT2D eigenvalue weighted by molar-refractivity contribution is -0.119. The third-order valence-electron chi connectivity index (χ3n) is 5.88. The number of rotatable bonds is 6. The molecule has 0 unspecified atom stereocenters. The minimum atomic E-state index is -0.776. The highest BCUT2D eigenvalue weighted by Gasteiger charge is 2.44. The second-order valence-corrected chi connectivity index (χ2v) is 8.65. The van der Waals surface area contributed by atoms with Gasteiger partial charge in [-0.15, -0.1) is 11.3 Å². The Morgan fingerprint density at radius 2 is 1.71 bits per heavy atom. The molecule has 1 aliphatic heterocycles. The van der Waals surface area contributed by atoms with Crippen LogP contribution in [-0.2, 0) is 9.53 Å². The summed E-state index contributed by atoms with van der Waals surface area (Å²) in [5, 5.41) is 4.79. The fraction of sp³-hybridized carbons (Fsp3) is 0.240. The standard InChI is InChI=1S/C25H24N2O6S/c1-27-22(20-10-7-11-34-20)21(15-12-18(31-2)19(32-3)13-16(15)24(27)29)23(28)26-17-9-6-5-8-14(17)25(30)33-4/h5-13,21-22H,1-4H3,(H,26,28)/t21-,22-/m1/s1. The van der Waals surface area contributed by atoms with Crippen LogP contribution in [0.15, 0.2) is 53.9 Å². The van der Waals surface area contributed by atoms with E-state index in [1.807, 2.05) is 17.5 Å². The Hall–Kier alpha value is -3.85. The summed E-state index contributed by atoms with van der Waals surface area (Å²) in [5.74, 6) is -1.13. The van der Waals surface area contributed by atoms with Gasteiger partial charge in [-0.3, -0.25) is 9.59 Å². The van der Waals surface area contributed by atoms with Crippen molar-refractivity contribution in [2.24, 2.45) is 0 Å². The molecular formula is C25H24N2O6S. The second kappa shape index (κ2) is 9.56. The quantitative estimate of drug-likeness (QED) is 0.534. The van der Waals surface area contributed by atoms with Crippen LogP contribution >= 0.6 is 11.3 Å². The Balaban J connectivity index is 1.86. The molecule has 8 nitrogen and oxygen atoms in total. The smallest absolute Gasteiger partial charge is 0.339 e. The highest BCUT2D eigenvalue weighted by molar-refractivity contribution is 7.10. The summed E-state index contributed by atoms with van der Waals surface area (Å²) in [5.41, 5.74) is 1.44. The first-order valence-corrected chi connectivity index (χ1v) is 11.3. The largest absolute Gasteiger partial charge is 0.493 e. The predicted octanol–water partition coefficient (Wildman–Crippen LogP) is 4.10. The number of nitrogens with one attached hydrogen (secondary N) is 1. The molecule has 1 aromatic heterocycles. The van der Waals surface area contributed by atoms with Crippen molar-refractivity contribution in [1.29, 1.82) is 0 Å². The number of esters is 1. The maximum atomic E-state index is 13.8. The molecule has 1 N–H and O–H groups in total. The van der Waals surface area contributed by atoms with Gasteiger partial charge in [0.1, 0.15) is 0 Å². The number of thiophene rings is 1. The number of carbonyl (C=O) groups is 3. The van der Waals surface area contributed by atoms with Crippen LogP contribution in [-0.4, -0.2) is 51.1 Å². The summed E-state index contributed by atoms with van der Waals surface area (Å²) < 4.78 is 15.7. The average molecular weight is 481 g/mol. The van der Waals surface area contributed by atoms with E-state index in [4.69, 9.17) is 14.2 Å². The normalized spacial score (nSPS) is 17.1. The number of carbonyl (C=O) groups excluding carboxylic acids is 3. The van der Waals surface area contributed by atoms with Gasteiger partial charge in [-0.05, 0) is 41.3 Å². The maximum Gasteiger partial charge on any atom is 0.339 e. The predicted molar refractivity (Wildman–Crippen MR) is 128 cm³/mol. The van der Waals surface area contributed by atoms with Crippen LogP contribution in [0.1, 0.15) is 43.1 Å². The summed E-state index contributed by atoms with van der Waals surface area (Å²) in [7, 11) is 5.95. The van der Waals surface area contributed by atoms with Crippen molar-refractivity contribution >= 4 is 34.8 Å². The molecule has 2 aromatic carbocycles. The monoisotopic (exact) mass is 480 g/mol. The number of para-hydroxylation sites is 1. The molecule has 0 radical (unpaired) electrons. The van der Waals surface area contributed by atoms with Crippen molar-refractivity contribution < 1.29 is 28.6 Å². The first-order valence-electron chi connectivity index (χ1n) is 10.5. The van der Waals surface area contributed by atoms with E-state index in [2.05, 4.69) is 5.32 Å². The number of fused-ring (bicyclic) bond motifs is 1. The van der Waals surface area contributed by atoms with Gasteiger partial charge in [0.05, 0.1) is 44.5 Å². The number of hydrogen-bond acceptors (Lipinski definition) is 7. The molecule has 34 heavy (non-hydrogen) atoms. The molecule has 2 atom stereocenters. The molecule has 3 aromatic rings. The Kier molecular flexibility index (Phi) is 6.56. The molecule has 0 aliphatic carbocycles. The van der Waals surface area contributed by atoms with E-state index in [-0.39, 0.29) is 17.4 Å². The van der Waals surface area contributed by atoms with E-state index in [1.165, 1.54) is 32.7 Å². The summed E-state index contributed by atoms with van der Waals surface area (Å²) in [6, 6.07) is 13.1. The summed E-state index contributed by atoms with van der Waals surface area (Å²) in [6.07, 6.45) is 0. The summed E-state index contributed by atoms with van der Waals surface area (Å²) in [6.45, 7) is 0. The van der Waals surface area contributed by atoms with Gasteiger partial charge in [-0.2, -0.15) is 0 Å². The minimum absolute atomic E-state index is 0.228. The zero-order chi connectivity index (χ0) is 24.4. The van der Waals surface area contributed by atoms with Gasteiger partial charge in [-0.25, -0.2) is 4.79 Å². The van der Waals surface area contributed by atoms with E-state index >= 15 is 0 Å². The van der Waals surface area contributed by atoms with Crippen molar-refractivity contribution in [2.75, 3.05) is 33.7 Å². The number of anilines is 1. The van der Waals surface area contributed by atoms with Crippen LogP contribution in [0.3, 0.4) is 0 Å². The third-order valence-corrected chi connectivity index (χ3v) is 6.82. The van der Waals surface area contributed by atoms with Crippen LogP contribution in [0.4, 0.5) is 5.69 Å². The van der Waals surface area contributed by atoms with E-state index in [0.29, 0.717) is 28.3 Å². The van der Waals surface area contributed by atoms with Gasteiger partial charge in [0.25, 0.3) is 5.91 Å². The van der Waals surface area contributed by atoms with Gasteiger partial charge in [0.15, 0.2) is 11.5 Å². The molecule has 0 spiro atoms. The Bertz CT molecular complexity index is 1240. The zero-order valence-electron chi connectivity index (χ0n) is 19.2. The van der Waals surface area contributed by atoms with Crippen molar-refractivity contribution in [2.45, 2.75) is 12.0 Å². The fourth-order valence-electron chi connectivity index (χ4n) is 4.24. The Labute approximate surface area is 201 Å². The van der Waals surface area contributed by atoms with Gasteiger partial charge >= 0.3 is 5.97 Å². The molecule has 2 heterocycles. The van der Waals surface area contributed by atoms with Crippen LogP contribution in [0.2, 0.25) is 0 Å². The zero-order valence-corrected chi connectivity index (χ0v) is 20.0. The highest BCUT2D eigenvalue weighted by Crippen LogP contribution is 2.47. The van der Waals surface area contributed by atoms with E-state index in [9.17, 15) is 14.4 Å². The van der Waals surface area contributed by atoms with E-state index in [1.54, 1.807) is 48.3 Å². The third kappa shape index (κ3) is 3.99. The first kappa shape index (κ1) is 23.3. The SMILES string of the molecule is COC(=O)c1ccccc1NC(=O)[C@@H]1c2cc(OC)c(OC)cc2C(=O)N(C)[C@@H]1c1cccs1. The van der Waals surface area contributed by atoms with E-state index in [0.717, 1.165) is 4.88 Å². The number of amides is 2. The lowest BCUT2D eigenvalue weighted by atomic mass is 9.81. The number of likely N-dealkylation sites (N-methyl/N-ethyl adjacent to an activating group) is 1. The van der Waals surface area contributed by atoms with E-state index < -0.39 is 17.9 Å². The minimum Gasteiger partial charge on any atom is -0.493 e. The molecule has 1 aliphatic rings. The second-order valence-electron chi connectivity index (χ2n) is 7.67. The van der Waals surface area contributed by atoms with Gasteiger partial charge in [-0.1, -0.05) is 18.2 Å². The lowest BCUT2D eigenvalue weighted by Gasteiger charge is -2.39. The van der Waals surface area contributed by atoms with Crippen LogP contribution < -0.4 is 14.8 Å². The summed E-state index contributed by atoms with van der Waals surface area (Å²) >= 11 is 1.46. The number of nitrogens with zero attached hydrogens (tertiary/aromatic N) is 1. The molecule has 2 amide bonds. The molecule has 0 fully saturated rings. The molecular weight excluding hydrogens is 456 g/mol. The van der Waals surface area contributed by atoms with Crippen LogP contribution in [0, 0.1) is 0 Å². The highest BCUT2D eigenvalue weighted by atomic mass is 32.1. The average Bonchev–Trinajstić information content (AvgIpc) is 3.39. The number of benzene rings is 2. The molecule has 4 rings (SSSR count). The Morgan fingerprint density at radius 3 is 2.35 bits per heavy atom. The number of methoxy groups -OCH3 is 3. The van der Waals surface area contributed by atoms with Crippen LogP contribution in [0.5, 0.6) is 11.5 Å². The molecule has 9 heteroatoms. The Morgan fingerprint density at radius 1 is 1.00 bits per heavy atom. The van der Waals surface area contributed by atoms with Crippen molar-refractivity contribution in [1.82, 2.24) is 4.90 Å². The van der Waals surface area contributed by atoms with Gasteiger partial charge in [0.2, 0.25) is 5.91 Å². The first-order chi connectivity index (χ1) is 16.4. The fourth-order valence-corrected chi connectivity index (χ4v) is 5.14. The van der Waals surface area contributed by atoms with Crippen LogP contribution in [0.25, 0.3) is 0 Å². The molecule has 0 saturated heterocycles. The van der Waals surface area contributed by atoms with Crippen molar-refractivity contribution in [3.8, 4) is 11.5 Å². The van der Waals surface area contributed by atoms with Gasteiger partial charge < -0.3 is 24.4 Å². The number of hydrogen-bond donors (Lipinski definition) is 1. The summed E-state index contributed by atoms with van der Waals surface area (Å²) in [4.78, 5) is 41.8. The van der Waals surface area contributed by atoms with Gasteiger partial charge in [0, 0.05) is 17.5 Å². The molecule has 0 saturated carbocycles. The van der Waals surface area contributed by atoms with Crippen molar-refractivity contribution in [3.63, 3.8) is 0 Å². The topological polar surface area (TPSA) is 94.2 Å². The van der Waals surface area contributed by atoms with Crippen molar-refractivity contribution in [3.05, 3.63) is 75.5 Å². The molecule has 176 valence electrons.